The van der Waals surface area contributed by atoms with Gasteiger partial charge in [-0.1, -0.05) is 12.1 Å². The molecular weight excluding hydrogens is 437 g/mol. The first kappa shape index (κ1) is 24.6. The second-order valence-corrected chi connectivity index (χ2v) is 9.08. The summed E-state index contributed by atoms with van der Waals surface area (Å²) in [5, 5.41) is 2.90. The SMILES string of the molecule is Cc1cc(=O)c(C(=O)NC[C@@H]2CCCO2)c(Cc2cccc(F)c2)n1CCCN1CCOCC1. The average molecular weight is 472 g/mol. The minimum absolute atomic E-state index is 0.0168. The number of hydrogen-bond donors (Lipinski definition) is 1. The van der Waals surface area contributed by atoms with Crippen LogP contribution in [0.15, 0.2) is 35.1 Å². The Labute approximate surface area is 199 Å². The van der Waals surface area contributed by atoms with Crippen molar-refractivity contribution in [1.29, 1.82) is 0 Å². The normalized spacial score (nSPS) is 18.8. The van der Waals surface area contributed by atoms with E-state index in [4.69, 9.17) is 9.47 Å². The highest BCUT2D eigenvalue weighted by molar-refractivity contribution is 5.95. The van der Waals surface area contributed by atoms with E-state index >= 15 is 0 Å². The van der Waals surface area contributed by atoms with Crippen LogP contribution < -0.4 is 10.7 Å². The van der Waals surface area contributed by atoms with Gasteiger partial charge in [-0.2, -0.15) is 0 Å². The van der Waals surface area contributed by atoms with Crippen molar-refractivity contribution in [1.82, 2.24) is 14.8 Å². The number of ether oxygens (including phenoxy) is 2. The predicted octanol–water partition coefficient (Wildman–Crippen LogP) is 2.52. The average Bonchev–Trinajstić information content (AvgIpc) is 3.34. The molecule has 2 aliphatic heterocycles. The van der Waals surface area contributed by atoms with Gasteiger partial charge in [0, 0.05) is 63.2 Å². The van der Waals surface area contributed by atoms with Gasteiger partial charge in [0.1, 0.15) is 11.4 Å². The van der Waals surface area contributed by atoms with Gasteiger partial charge in [0.15, 0.2) is 5.43 Å². The summed E-state index contributed by atoms with van der Waals surface area (Å²) in [5.41, 5.74) is 1.98. The number of carbonyl (C=O) groups excluding carboxylic acids is 1. The maximum Gasteiger partial charge on any atom is 0.257 e. The van der Waals surface area contributed by atoms with E-state index in [-0.39, 0.29) is 22.9 Å². The molecule has 0 saturated carbocycles. The Morgan fingerprint density at radius 3 is 2.74 bits per heavy atom. The molecule has 2 saturated heterocycles. The van der Waals surface area contributed by atoms with Crippen LogP contribution in [0.3, 0.4) is 0 Å². The molecule has 1 atom stereocenters. The van der Waals surface area contributed by atoms with Crippen LogP contribution in [0.1, 0.15) is 46.6 Å². The summed E-state index contributed by atoms with van der Waals surface area (Å²) >= 11 is 0. The zero-order chi connectivity index (χ0) is 23.9. The van der Waals surface area contributed by atoms with Crippen LogP contribution in [0.5, 0.6) is 0 Å². The van der Waals surface area contributed by atoms with Crippen LogP contribution in [-0.4, -0.2) is 67.5 Å². The third-order valence-corrected chi connectivity index (χ3v) is 6.59. The van der Waals surface area contributed by atoms with Crippen LogP contribution in [0.2, 0.25) is 0 Å². The van der Waals surface area contributed by atoms with Gasteiger partial charge in [0.25, 0.3) is 5.91 Å². The molecule has 0 radical (unpaired) electrons. The Bertz CT molecular complexity index is 1040. The summed E-state index contributed by atoms with van der Waals surface area (Å²) in [6.07, 6.45) is 3.03. The molecule has 2 aliphatic rings. The number of morpholine rings is 1. The van der Waals surface area contributed by atoms with Gasteiger partial charge in [-0.25, -0.2) is 4.39 Å². The zero-order valence-electron chi connectivity index (χ0n) is 19.9. The Hall–Kier alpha value is -2.55. The van der Waals surface area contributed by atoms with Crippen molar-refractivity contribution in [2.24, 2.45) is 0 Å². The first-order chi connectivity index (χ1) is 16.5. The summed E-state index contributed by atoms with van der Waals surface area (Å²) in [5.74, 6) is -0.732. The summed E-state index contributed by atoms with van der Waals surface area (Å²) < 4.78 is 27.0. The summed E-state index contributed by atoms with van der Waals surface area (Å²) in [6.45, 7) is 7.86. The van der Waals surface area contributed by atoms with Crippen LogP contribution in [0.25, 0.3) is 0 Å². The van der Waals surface area contributed by atoms with E-state index in [1.807, 2.05) is 17.6 Å². The molecule has 1 N–H and O–H groups in total. The second kappa shape index (κ2) is 11.7. The van der Waals surface area contributed by atoms with Crippen molar-refractivity contribution in [2.45, 2.75) is 45.3 Å². The highest BCUT2D eigenvalue weighted by atomic mass is 19.1. The Morgan fingerprint density at radius 2 is 2.00 bits per heavy atom. The molecule has 2 aromatic rings. The molecule has 1 aromatic heterocycles. The molecule has 3 heterocycles. The molecule has 8 heteroatoms. The molecular formula is C26H34FN3O4. The van der Waals surface area contributed by atoms with Gasteiger partial charge in [-0.15, -0.1) is 0 Å². The highest BCUT2D eigenvalue weighted by Gasteiger charge is 2.23. The first-order valence-electron chi connectivity index (χ1n) is 12.2. The van der Waals surface area contributed by atoms with E-state index in [1.54, 1.807) is 6.07 Å². The number of halogens is 1. The standard InChI is InChI=1S/C26H34FN3O4/c1-19-15-24(31)25(26(32)28-18-22-7-3-12-34-22)23(17-20-5-2-6-21(27)16-20)30(19)9-4-8-29-10-13-33-14-11-29/h2,5-6,15-16,22H,3-4,7-14,17-18H2,1H3,(H,28,32)/t22-/m0/s1. The molecule has 0 unspecified atom stereocenters. The van der Waals surface area contributed by atoms with E-state index in [2.05, 4.69) is 10.2 Å². The maximum absolute atomic E-state index is 13.9. The number of amides is 1. The molecule has 0 bridgehead atoms. The minimum Gasteiger partial charge on any atom is -0.379 e. The van der Waals surface area contributed by atoms with Crippen molar-refractivity contribution in [3.63, 3.8) is 0 Å². The highest BCUT2D eigenvalue weighted by Crippen LogP contribution is 2.17. The topological polar surface area (TPSA) is 72.8 Å². The molecule has 2 fully saturated rings. The second-order valence-electron chi connectivity index (χ2n) is 9.08. The lowest BCUT2D eigenvalue weighted by atomic mass is 10.0. The van der Waals surface area contributed by atoms with Gasteiger partial charge in [0.2, 0.25) is 0 Å². The number of hydrogen-bond acceptors (Lipinski definition) is 5. The molecule has 34 heavy (non-hydrogen) atoms. The molecule has 184 valence electrons. The number of benzene rings is 1. The predicted molar refractivity (Wildman–Crippen MR) is 128 cm³/mol. The lowest BCUT2D eigenvalue weighted by Gasteiger charge is -2.27. The molecule has 0 spiro atoms. The number of nitrogens with zero attached hydrogens (tertiary/aromatic N) is 2. The van der Waals surface area contributed by atoms with Gasteiger partial charge in [0.05, 0.1) is 19.3 Å². The van der Waals surface area contributed by atoms with Crippen molar-refractivity contribution in [3.05, 3.63) is 68.9 Å². The van der Waals surface area contributed by atoms with Crippen molar-refractivity contribution >= 4 is 5.91 Å². The van der Waals surface area contributed by atoms with Crippen molar-refractivity contribution in [3.8, 4) is 0 Å². The van der Waals surface area contributed by atoms with Crippen molar-refractivity contribution in [2.75, 3.05) is 46.0 Å². The summed E-state index contributed by atoms with van der Waals surface area (Å²) in [4.78, 5) is 28.6. The molecule has 1 aromatic carbocycles. The van der Waals surface area contributed by atoms with Crippen LogP contribution in [-0.2, 0) is 22.4 Å². The van der Waals surface area contributed by atoms with Gasteiger partial charge < -0.3 is 19.4 Å². The Morgan fingerprint density at radius 1 is 1.18 bits per heavy atom. The van der Waals surface area contributed by atoms with Crippen LogP contribution >= 0.6 is 0 Å². The molecule has 4 rings (SSSR count). The van der Waals surface area contributed by atoms with E-state index in [1.165, 1.54) is 18.2 Å². The van der Waals surface area contributed by atoms with E-state index in [0.717, 1.165) is 63.4 Å². The number of rotatable bonds is 9. The Balaban J connectivity index is 1.60. The maximum atomic E-state index is 13.9. The lowest BCUT2D eigenvalue weighted by Crippen LogP contribution is -2.38. The van der Waals surface area contributed by atoms with E-state index in [0.29, 0.717) is 31.8 Å². The largest absolute Gasteiger partial charge is 0.379 e. The first-order valence-corrected chi connectivity index (χ1v) is 12.2. The third-order valence-electron chi connectivity index (χ3n) is 6.59. The number of carbonyl (C=O) groups is 1. The number of aryl methyl sites for hydroxylation is 1. The fourth-order valence-electron chi connectivity index (χ4n) is 4.79. The quantitative estimate of drug-likeness (QED) is 0.609. The smallest absolute Gasteiger partial charge is 0.257 e. The fourth-order valence-corrected chi connectivity index (χ4v) is 4.79. The number of aromatic nitrogens is 1. The van der Waals surface area contributed by atoms with Crippen LogP contribution in [0, 0.1) is 12.7 Å². The lowest BCUT2D eigenvalue weighted by molar-refractivity contribution is 0.0369. The van der Waals surface area contributed by atoms with Gasteiger partial charge in [-0.3, -0.25) is 14.5 Å². The third kappa shape index (κ3) is 6.31. The summed E-state index contributed by atoms with van der Waals surface area (Å²) in [7, 11) is 0. The molecule has 0 aliphatic carbocycles. The van der Waals surface area contributed by atoms with E-state index in [9.17, 15) is 14.0 Å². The minimum atomic E-state index is -0.395. The number of nitrogens with one attached hydrogen (secondary N) is 1. The molecule has 1 amide bonds. The van der Waals surface area contributed by atoms with E-state index < -0.39 is 5.91 Å². The summed E-state index contributed by atoms with van der Waals surface area (Å²) in [6, 6.07) is 7.86. The number of pyridine rings is 1. The van der Waals surface area contributed by atoms with Crippen molar-refractivity contribution < 1.29 is 18.7 Å². The monoisotopic (exact) mass is 471 g/mol. The fraction of sp³-hybridized carbons (Fsp3) is 0.538. The van der Waals surface area contributed by atoms with Gasteiger partial charge in [-0.05, 0) is 43.9 Å². The zero-order valence-corrected chi connectivity index (χ0v) is 19.9. The Kier molecular flexibility index (Phi) is 8.48. The molecule has 7 nitrogen and oxygen atoms in total. The van der Waals surface area contributed by atoms with Crippen LogP contribution in [0.4, 0.5) is 4.39 Å². The van der Waals surface area contributed by atoms with Gasteiger partial charge >= 0.3 is 0 Å².